The van der Waals surface area contributed by atoms with E-state index in [-0.39, 0.29) is 29.5 Å². The van der Waals surface area contributed by atoms with Crippen molar-refractivity contribution in [3.63, 3.8) is 0 Å². The Hall–Kier alpha value is -0.870. The average molecular weight is 391 g/mol. The summed E-state index contributed by atoms with van der Waals surface area (Å²) in [5.74, 6) is 1.70. The Kier molecular flexibility index (Phi) is 5.19. The lowest BCUT2D eigenvalue weighted by atomic mass is 9.46. The third kappa shape index (κ3) is 2.98. The van der Waals surface area contributed by atoms with Gasteiger partial charge in [0.1, 0.15) is 0 Å². The fourth-order valence-electron chi connectivity index (χ4n) is 8.12. The van der Waals surface area contributed by atoms with Crippen LogP contribution in [0.1, 0.15) is 78.6 Å². The van der Waals surface area contributed by atoms with E-state index in [1.54, 1.807) is 0 Å². The largest absolute Gasteiger partial charge is 0.481 e. The number of rotatable bonds is 4. The van der Waals surface area contributed by atoms with Gasteiger partial charge in [0.05, 0.1) is 12.2 Å². The van der Waals surface area contributed by atoms with Crippen LogP contribution in [0.15, 0.2) is 11.6 Å². The number of allylic oxidation sites excluding steroid dienone is 1. The van der Waals surface area contributed by atoms with Gasteiger partial charge in [-0.25, -0.2) is 0 Å². The van der Waals surface area contributed by atoms with Crippen LogP contribution < -0.4 is 0 Å². The zero-order valence-electron chi connectivity index (χ0n) is 17.7. The fraction of sp³-hybridized carbons (Fsp3) is 0.875. The maximum atomic E-state index is 11.4. The van der Waals surface area contributed by atoms with Crippen LogP contribution in [-0.4, -0.2) is 33.5 Å². The SMILES string of the molecule is CC(CCC(=O)O)C1CCC2C3CC=C4CC(O)CCC4(C)C3CC(O)C12C. The van der Waals surface area contributed by atoms with Crippen molar-refractivity contribution in [2.45, 2.75) is 90.8 Å². The molecule has 9 unspecified atom stereocenters. The summed E-state index contributed by atoms with van der Waals surface area (Å²) in [5.41, 5.74) is 1.49. The molecule has 4 aliphatic rings. The Morgan fingerprint density at radius 2 is 1.96 bits per heavy atom. The molecule has 3 fully saturated rings. The molecule has 4 aliphatic carbocycles. The van der Waals surface area contributed by atoms with Crippen molar-refractivity contribution in [1.82, 2.24) is 0 Å². The molecular weight excluding hydrogens is 352 g/mol. The van der Waals surface area contributed by atoms with Gasteiger partial charge >= 0.3 is 5.97 Å². The summed E-state index contributed by atoms with van der Waals surface area (Å²) in [6.07, 6.45) is 9.84. The Labute approximate surface area is 169 Å². The van der Waals surface area contributed by atoms with Crippen LogP contribution in [0.3, 0.4) is 0 Å². The summed E-state index contributed by atoms with van der Waals surface area (Å²) in [6.45, 7) is 6.89. The Balaban J connectivity index is 1.59. The third-order valence-corrected chi connectivity index (χ3v) is 9.76. The van der Waals surface area contributed by atoms with Gasteiger partial charge in [-0.1, -0.05) is 32.4 Å². The van der Waals surface area contributed by atoms with E-state index in [1.807, 2.05) is 0 Å². The van der Waals surface area contributed by atoms with Crippen LogP contribution >= 0.6 is 0 Å². The van der Waals surface area contributed by atoms with Crippen LogP contribution in [-0.2, 0) is 4.79 Å². The first-order chi connectivity index (χ1) is 13.2. The van der Waals surface area contributed by atoms with E-state index in [2.05, 4.69) is 26.8 Å². The lowest BCUT2D eigenvalue weighted by Gasteiger charge is -2.60. The first-order valence-electron chi connectivity index (χ1n) is 11.4. The van der Waals surface area contributed by atoms with Gasteiger partial charge in [0, 0.05) is 6.42 Å². The van der Waals surface area contributed by atoms with Gasteiger partial charge in [-0.3, -0.25) is 4.79 Å². The number of carbonyl (C=O) groups is 1. The van der Waals surface area contributed by atoms with Gasteiger partial charge < -0.3 is 15.3 Å². The molecule has 3 N–H and O–H groups in total. The van der Waals surface area contributed by atoms with Crippen molar-refractivity contribution in [2.24, 2.45) is 40.4 Å². The van der Waals surface area contributed by atoms with Gasteiger partial charge in [-0.05, 0) is 91.8 Å². The number of hydrogen-bond donors (Lipinski definition) is 3. The van der Waals surface area contributed by atoms with Gasteiger partial charge in [0.15, 0.2) is 0 Å². The van der Waals surface area contributed by atoms with E-state index in [1.165, 1.54) is 12.0 Å². The number of aliphatic hydroxyl groups is 2. The van der Waals surface area contributed by atoms with Crippen molar-refractivity contribution < 1.29 is 20.1 Å². The molecule has 0 radical (unpaired) electrons. The normalized spacial score (nSPS) is 48.8. The molecule has 0 heterocycles. The molecule has 0 saturated heterocycles. The third-order valence-electron chi connectivity index (χ3n) is 9.76. The molecule has 0 aliphatic heterocycles. The molecule has 0 aromatic heterocycles. The molecule has 158 valence electrons. The van der Waals surface area contributed by atoms with Crippen LogP contribution in [0.5, 0.6) is 0 Å². The highest BCUT2D eigenvalue weighted by Gasteiger charge is 2.62. The highest BCUT2D eigenvalue weighted by Crippen LogP contribution is 2.67. The highest BCUT2D eigenvalue weighted by atomic mass is 16.4. The number of carboxylic acid groups (broad SMARTS) is 1. The Bertz CT molecular complexity index is 657. The second kappa shape index (κ2) is 7.12. The predicted octanol–water partition coefficient (Wildman–Crippen LogP) is 4.40. The summed E-state index contributed by atoms with van der Waals surface area (Å²) in [4.78, 5) is 11.1. The molecular formula is C24H38O4. The summed E-state index contributed by atoms with van der Waals surface area (Å²) in [7, 11) is 0. The van der Waals surface area contributed by atoms with Crippen LogP contribution in [0.4, 0.5) is 0 Å². The van der Waals surface area contributed by atoms with E-state index in [0.717, 1.165) is 38.5 Å². The number of fused-ring (bicyclic) bond motifs is 5. The molecule has 0 bridgehead atoms. The second-order valence-corrected chi connectivity index (χ2v) is 10.9. The van der Waals surface area contributed by atoms with Crippen molar-refractivity contribution in [3.05, 3.63) is 11.6 Å². The standard InChI is InChI=1S/C24H38O4/c1-14(4-9-22(27)28)18-7-8-19-17-6-5-15-12-16(25)10-11-23(15,2)20(17)13-21(26)24(18,19)3/h5,14,16-21,25-26H,4,6-13H2,1-3H3,(H,27,28). The van der Waals surface area contributed by atoms with Gasteiger partial charge in [0.2, 0.25) is 0 Å². The molecule has 0 amide bonds. The van der Waals surface area contributed by atoms with E-state index in [4.69, 9.17) is 5.11 Å². The second-order valence-electron chi connectivity index (χ2n) is 10.9. The summed E-state index contributed by atoms with van der Waals surface area (Å²) in [6, 6.07) is 0. The zero-order valence-corrected chi connectivity index (χ0v) is 17.7. The summed E-state index contributed by atoms with van der Waals surface area (Å²) < 4.78 is 0. The molecule has 4 rings (SSSR count). The van der Waals surface area contributed by atoms with E-state index >= 15 is 0 Å². The first-order valence-corrected chi connectivity index (χ1v) is 11.4. The van der Waals surface area contributed by atoms with Gasteiger partial charge in [-0.2, -0.15) is 0 Å². The van der Waals surface area contributed by atoms with E-state index in [0.29, 0.717) is 36.0 Å². The van der Waals surface area contributed by atoms with Crippen molar-refractivity contribution >= 4 is 5.97 Å². The smallest absolute Gasteiger partial charge is 0.303 e. The number of hydrogen-bond acceptors (Lipinski definition) is 3. The minimum absolute atomic E-state index is 0.0883. The fourth-order valence-corrected chi connectivity index (χ4v) is 8.12. The molecule has 0 spiro atoms. The average Bonchev–Trinajstić information content (AvgIpc) is 3.00. The maximum absolute atomic E-state index is 11.4. The van der Waals surface area contributed by atoms with Crippen molar-refractivity contribution in [3.8, 4) is 0 Å². The first kappa shape index (κ1) is 20.4. The van der Waals surface area contributed by atoms with E-state index < -0.39 is 5.97 Å². The summed E-state index contributed by atoms with van der Waals surface area (Å²) in [5, 5.41) is 30.7. The quantitative estimate of drug-likeness (QED) is 0.622. The Morgan fingerprint density at radius 1 is 1.21 bits per heavy atom. The molecule has 9 atom stereocenters. The Morgan fingerprint density at radius 3 is 2.68 bits per heavy atom. The molecule has 0 aromatic rings. The maximum Gasteiger partial charge on any atom is 0.303 e. The molecule has 3 saturated carbocycles. The highest BCUT2D eigenvalue weighted by molar-refractivity contribution is 5.66. The lowest BCUT2D eigenvalue weighted by Crippen LogP contribution is -2.56. The van der Waals surface area contributed by atoms with Crippen molar-refractivity contribution in [2.75, 3.05) is 0 Å². The lowest BCUT2D eigenvalue weighted by molar-refractivity contribution is -0.140. The minimum atomic E-state index is -0.715. The van der Waals surface area contributed by atoms with Gasteiger partial charge in [0.25, 0.3) is 0 Å². The molecule has 4 nitrogen and oxygen atoms in total. The van der Waals surface area contributed by atoms with E-state index in [9.17, 15) is 15.0 Å². The molecule has 0 aromatic carbocycles. The summed E-state index contributed by atoms with van der Waals surface area (Å²) >= 11 is 0. The topological polar surface area (TPSA) is 77.8 Å². The number of aliphatic hydroxyl groups excluding tert-OH is 2. The van der Waals surface area contributed by atoms with Crippen LogP contribution in [0.25, 0.3) is 0 Å². The van der Waals surface area contributed by atoms with Crippen molar-refractivity contribution in [1.29, 1.82) is 0 Å². The zero-order chi connectivity index (χ0) is 20.3. The molecule has 4 heteroatoms. The molecule has 28 heavy (non-hydrogen) atoms. The predicted molar refractivity (Wildman–Crippen MR) is 109 cm³/mol. The van der Waals surface area contributed by atoms with Gasteiger partial charge in [-0.15, -0.1) is 0 Å². The number of carboxylic acids is 1. The minimum Gasteiger partial charge on any atom is -0.481 e. The number of aliphatic carboxylic acids is 1. The van der Waals surface area contributed by atoms with Crippen LogP contribution in [0, 0.1) is 40.4 Å². The van der Waals surface area contributed by atoms with Crippen LogP contribution in [0.2, 0.25) is 0 Å². The monoisotopic (exact) mass is 390 g/mol.